The normalized spacial score (nSPS) is 23.2. The Morgan fingerprint density at radius 2 is 1.70 bits per heavy atom. The van der Waals surface area contributed by atoms with Gasteiger partial charge in [-0.25, -0.2) is 9.18 Å². The summed E-state index contributed by atoms with van der Waals surface area (Å²) in [4.78, 5) is 34.5. The minimum atomic E-state index is -0.657. The maximum Gasteiger partial charge on any atom is 0.334 e. The van der Waals surface area contributed by atoms with E-state index in [0.717, 1.165) is 44.1 Å². The highest BCUT2D eigenvalue weighted by Gasteiger charge is 2.52. The molecule has 1 heterocycles. The largest absolute Gasteiger partial charge is 0.460 e. The van der Waals surface area contributed by atoms with E-state index in [9.17, 15) is 14.0 Å². The second-order valence-electron chi connectivity index (χ2n) is 13.8. The molecule has 0 bridgehead atoms. The number of hydrogen-bond acceptors (Lipinski definition) is 4. The minimum absolute atomic E-state index is 0.0805. The quantitative estimate of drug-likeness (QED) is 0.293. The van der Waals surface area contributed by atoms with Gasteiger partial charge in [-0.2, -0.15) is 0 Å². The van der Waals surface area contributed by atoms with Crippen LogP contribution >= 0.6 is 0 Å². The fourth-order valence-corrected chi connectivity index (χ4v) is 6.77. The van der Waals surface area contributed by atoms with Gasteiger partial charge < -0.3 is 9.64 Å². The summed E-state index contributed by atoms with van der Waals surface area (Å²) in [7, 11) is 0. The molecule has 5 rings (SSSR count). The zero-order valence-corrected chi connectivity index (χ0v) is 26.2. The summed E-state index contributed by atoms with van der Waals surface area (Å²) < 4.78 is 19.3. The SMILES string of the molecule is CC(C)OC(=O)C1=CC=C([C@@H](CCC(C)(C)C)N2C(=O)C(c3ccc(F)cc3)=NC23CCC(c2ccccc2)CC3)CC1. The van der Waals surface area contributed by atoms with Crippen molar-refractivity contribution in [2.75, 3.05) is 0 Å². The number of ether oxygens (including phenoxy) is 1. The Hall–Kier alpha value is -3.54. The molecule has 2 aromatic rings. The van der Waals surface area contributed by atoms with Gasteiger partial charge in [0.2, 0.25) is 0 Å². The summed E-state index contributed by atoms with van der Waals surface area (Å²) >= 11 is 0. The minimum Gasteiger partial charge on any atom is -0.460 e. The third-order valence-electron chi connectivity index (χ3n) is 9.06. The van der Waals surface area contributed by atoms with E-state index in [-0.39, 0.29) is 35.3 Å². The maximum atomic E-state index is 14.5. The summed E-state index contributed by atoms with van der Waals surface area (Å²) in [6.07, 6.45) is 10.2. The Morgan fingerprint density at radius 3 is 2.28 bits per heavy atom. The van der Waals surface area contributed by atoms with Crippen molar-refractivity contribution in [1.29, 1.82) is 0 Å². The predicted molar refractivity (Wildman–Crippen MR) is 169 cm³/mol. The van der Waals surface area contributed by atoms with E-state index in [2.05, 4.69) is 49.9 Å². The molecule has 1 saturated carbocycles. The number of aliphatic imine (C=N–C) groups is 1. The Labute approximate surface area is 255 Å². The van der Waals surface area contributed by atoms with Crippen LogP contribution in [0.25, 0.3) is 0 Å². The first-order valence-electron chi connectivity index (χ1n) is 15.8. The van der Waals surface area contributed by atoms with Gasteiger partial charge in [0, 0.05) is 11.1 Å². The van der Waals surface area contributed by atoms with E-state index in [1.54, 1.807) is 12.1 Å². The van der Waals surface area contributed by atoms with E-state index in [1.807, 2.05) is 32.1 Å². The molecule has 1 amide bonds. The lowest BCUT2D eigenvalue weighted by molar-refractivity contribution is -0.143. The molecule has 6 heteroatoms. The Morgan fingerprint density at radius 1 is 1.02 bits per heavy atom. The molecule has 0 radical (unpaired) electrons. The second kappa shape index (κ2) is 12.6. The predicted octanol–water partition coefficient (Wildman–Crippen LogP) is 8.30. The zero-order valence-electron chi connectivity index (χ0n) is 26.2. The number of benzene rings is 2. The highest BCUT2D eigenvalue weighted by molar-refractivity contribution is 6.46. The number of esters is 1. The fraction of sp³-hybridized carbons (Fsp3) is 0.486. The number of carbonyl (C=O) groups excluding carboxylic acids is 2. The number of halogens is 1. The van der Waals surface area contributed by atoms with Crippen molar-refractivity contribution in [3.05, 3.63) is 94.8 Å². The standard InChI is InChI=1S/C37H45FN2O3/c1-25(2)43-35(42)30-13-11-28(12-14-30)32(21-22-36(3,4)5)40-34(41)33(29-15-17-31(38)18-16-29)39-37(40)23-19-27(20-24-37)26-9-7-6-8-10-26/h6-11,13,15-18,25,27,32H,12,14,19-24H2,1-5H3/t27?,32-,37?/m1/s1. The number of allylic oxidation sites excluding steroid dienone is 2. The Kier molecular flexibility index (Phi) is 9.05. The molecule has 1 atom stereocenters. The van der Waals surface area contributed by atoms with E-state index >= 15 is 0 Å². The van der Waals surface area contributed by atoms with Crippen LogP contribution in [-0.4, -0.2) is 40.3 Å². The highest BCUT2D eigenvalue weighted by Crippen LogP contribution is 2.48. The van der Waals surface area contributed by atoms with Crippen LogP contribution in [0.4, 0.5) is 4.39 Å². The van der Waals surface area contributed by atoms with Gasteiger partial charge in [0.05, 0.1) is 12.1 Å². The molecule has 0 N–H and O–H groups in total. The number of carbonyl (C=O) groups is 2. The van der Waals surface area contributed by atoms with Crippen LogP contribution in [0, 0.1) is 11.2 Å². The lowest BCUT2D eigenvalue weighted by Gasteiger charge is -2.46. The van der Waals surface area contributed by atoms with Gasteiger partial charge in [0.15, 0.2) is 0 Å². The van der Waals surface area contributed by atoms with Gasteiger partial charge in [0.1, 0.15) is 17.2 Å². The molecule has 43 heavy (non-hydrogen) atoms. The molecule has 0 saturated heterocycles. The van der Waals surface area contributed by atoms with Crippen LogP contribution in [0.5, 0.6) is 0 Å². The maximum absolute atomic E-state index is 14.5. The summed E-state index contributed by atoms with van der Waals surface area (Å²) in [5.74, 6) is -0.267. The summed E-state index contributed by atoms with van der Waals surface area (Å²) in [5, 5.41) is 0. The van der Waals surface area contributed by atoms with Crippen LogP contribution in [0.2, 0.25) is 0 Å². The lowest BCUT2D eigenvalue weighted by Crippen LogP contribution is -2.54. The van der Waals surface area contributed by atoms with E-state index in [0.29, 0.717) is 35.6 Å². The van der Waals surface area contributed by atoms with Gasteiger partial charge in [-0.05, 0) is 112 Å². The molecule has 1 fully saturated rings. The third kappa shape index (κ3) is 7.00. The average molecular weight is 585 g/mol. The molecular formula is C37H45FN2O3. The van der Waals surface area contributed by atoms with Crippen LogP contribution < -0.4 is 0 Å². The summed E-state index contributed by atoms with van der Waals surface area (Å²) in [6, 6.07) is 16.6. The van der Waals surface area contributed by atoms with Crippen molar-refractivity contribution in [2.45, 2.75) is 110 Å². The number of rotatable bonds is 8. The topological polar surface area (TPSA) is 59.0 Å². The van der Waals surface area contributed by atoms with E-state index in [4.69, 9.17) is 9.73 Å². The van der Waals surface area contributed by atoms with E-state index in [1.165, 1.54) is 17.7 Å². The van der Waals surface area contributed by atoms with Crippen LogP contribution in [0.3, 0.4) is 0 Å². The van der Waals surface area contributed by atoms with Crippen molar-refractivity contribution >= 4 is 17.6 Å². The van der Waals surface area contributed by atoms with Crippen LogP contribution in [0.1, 0.15) is 103 Å². The first-order chi connectivity index (χ1) is 20.5. The molecule has 2 aliphatic carbocycles. The molecule has 5 nitrogen and oxygen atoms in total. The van der Waals surface area contributed by atoms with Crippen molar-refractivity contribution in [3.63, 3.8) is 0 Å². The van der Waals surface area contributed by atoms with Crippen LogP contribution in [0.15, 0.2) is 82.9 Å². The van der Waals surface area contributed by atoms with Crippen molar-refractivity contribution in [2.24, 2.45) is 10.4 Å². The Balaban J connectivity index is 1.52. The fourth-order valence-electron chi connectivity index (χ4n) is 6.77. The molecule has 0 unspecified atom stereocenters. The van der Waals surface area contributed by atoms with Crippen molar-refractivity contribution < 1.29 is 18.7 Å². The first kappa shape index (κ1) is 30.9. The van der Waals surface area contributed by atoms with Gasteiger partial charge in [-0.3, -0.25) is 9.79 Å². The lowest BCUT2D eigenvalue weighted by atomic mass is 9.76. The molecule has 0 aromatic heterocycles. The van der Waals surface area contributed by atoms with Crippen LogP contribution in [-0.2, 0) is 14.3 Å². The summed E-state index contributed by atoms with van der Waals surface area (Å²) in [6.45, 7) is 10.4. The third-order valence-corrected chi connectivity index (χ3v) is 9.06. The van der Waals surface area contributed by atoms with Gasteiger partial charge in [-0.15, -0.1) is 0 Å². The second-order valence-corrected chi connectivity index (χ2v) is 13.8. The van der Waals surface area contributed by atoms with Gasteiger partial charge in [-0.1, -0.05) is 63.3 Å². The molecule has 228 valence electrons. The Bertz CT molecular complexity index is 1410. The summed E-state index contributed by atoms with van der Waals surface area (Å²) in [5.41, 5.74) is 3.66. The molecule has 1 spiro atoms. The molecule has 3 aliphatic rings. The van der Waals surface area contributed by atoms with Gasteiger partial charge in [0.25, 0.3) is 5.91 Å². The number of hydrogen-bond donors (Lipinski definition) is 0. The first-order valence-corrected chi connectivity index (χ1v) is 15.8. The zero-order chi connectivity index (χ0) is 30.8. The van der Waals surface area contributed by atoms with Crippen molar-refractivity contribution in [1.82, 2.24) is 4.90 Å². The van der Waals surface area contributed by atoms with Gasteiger partial charge >= 0.3 is 5.97 Å². The average Bonchev–Trinajstić information content (AvgIpc) is 3.25. The monoisotopic (exact) mass is 584 g/mol. The van der Waals surface area contributed by atoms with Crippen molar-refractivity contribution in [3.8, 4) is 0 Å². The molecule has 1 aliphatic heterocycles. The molecule has 2 aromatic carbocycles. The smallest absolute Gasteiger partial charge is 0.334 e. The highest BCUT2D eigenvalue weighted by atomic mass is 19.1. The number of amides is 1. The number of nitrogens with zero attached hydrogens (tertiary/aromatic N) is 2. The molecular weight excluding hydrogens is 539 g/mol. The van der Waals surface area contributed by atoms with E-state index < -0.39 is 5.66 Å².